The molecule has 108 valence electrons. The first-order valence-electron chi connectivity index (χ1n) is 7.14. The lowest BCUT2D eigenvalue weighted by molar-refractivity contribution is 0.173. The number of halogens is 1. The Labute approximate surface area is 116 Å². The Balaban J connectivity index is 2.72. The molecule has 0 aliphatic heterocycles. The first kappa shape index (κ1) is 16.1. The summed E-state index contributed by atoms with van der Waals surface area (Å²) in [7, 11) is 1.72. The van der Waals surface area contributed by atoms with Gasteiger partial charge in [0.05, 0.1) is 0 Å². The van der Waals surface area contributed by atoms with Gasteiger partial charge in [-0.1, -0.05) is 26.0 Å². The summed E-state index contributed by atoms with van der Waals surface area (Å²) in [5.41, 5.74) is 1.08. The van der Waals surface area contributed by atoms with Crippen LogP contribution in [0.15, 0.2) is 24.3 Å². The van der Waals surface area contributed by atoms with Crippen LogP contribution < -0.4 is 5.32 Å². The summed E-state index contributed by atoms with van der Waals surface area (Å²) in [6.07, 6.45) is 2.10. The third kappa shape index (κ3) is 5.70. The van der Waals surface area contributed by atoms with Gasteiger partial charge >= 0.3 is 0 Å². The van der Waals surface area contributed by atoms with E-state index < -0.39 is 0 Å². The Bertz CT molecular complexity index is 356. The summed E-state index contributed by atoms with van der Waals surface area (Å²) in [6, 6.07) is 6.96. The molecule has 0 saturated carbocycles. The van der Waals surface area contributed by atoms with Gasteiger partial charge in [0.15, 0.2) is 0 Å². The van der Waals surface area contributed by atoms with Gasteiger partial charge < -0.3 is 10.1 Å². The predicted molar refractivity (Wildman–Crippen MR) is 78.0 cm³/mol. The second kappa shape index (κ2) is 9.05. The van der Waals surface area contributed by atoms with Crippen molar-refractivity contribution in [2.24, 2.45) is 5.92 Å². The minimum atomic E-state index is -0.156. The molecule has 1 rings (SSSR count). The molecule has 2 atom stereocenters. The summed E-state index contributed by atoms with van der Waals surface area (Å²) in [4.78, 5) is 0. The second-order valence-electron chi connectivity index (χ2n) is 5.12. The first-order valence-corrected chi connectivity index (χ1v) is 7.14. The second-order valence-corrected chi connectivity index (χ2v) is 5.12. The zero-order valence-electron chi connectivity index (χ0n) is 12.3. The molecule has 0 fully saturated rings. The molecule has 0 aromatic heterocycles. The number of hydrogen-bond donors (Lipinski definition) is 1. The van der Waals surface area contributed by atoms with Crippen molar-refractivity contribution < 1.29 is 9.13 Å². The number of rotatable bonds is 9. The van der Waals surface area contributed by atoms with E-state index in [-0.39, 0.29) is 5.82 Å². The van der Waals surface area contributed by atoms with E-state index in [1.807, 2.05) is 6.07 Å². The summed E-state index contributed by atoms with van der Waals surface area (Å²) in [5.74, 6) is 0.639. The Kier molecular flexibility index (Phi) is 7.68. The average molecular weight is 267 g/mol. The van der Waals surface area contributed by atoms with E-state index in [0.29, 0.717) is 11.8 Å². The first-order chi connectivity index (χ1) is 9.19. The van der Waals surface area contributed by atoms with Crippen molar-refractivity contribution in [3.8, 4) is 0 Å². The fourth-order valence-corrected chi connectivity index (χ4v) is 2.32. The molecule has 0 aliphatic rings. The Morgan fingerprint density at radius 3 is 2.79 bits per heavy atom. The van der Waals surface area contributed by atoms with Crippen molar-refractivity contribution in [3.05, 3.63) is 35.6 Å². The van der Waals surface area contributed by atoms with Crippen LogP contribution in [0.2, 0.25) is 0 Å². The van der Waals surface area contributed by atoms with Gasteiger partial charge in [-0.3, -0.25) is 0 Å². The molecule has 2 unspecified atom stereocenters. The number of ether oxygens (including phenoxy) is 1. The van der Waals surface area contributed by atoms with Crippen molar-refractivity contribution in [2.45, 2.75) is 32.6 Å². The van der Waals surface area contributed by atoms with Gasteiger partial charge in [-0.05, 0) is 48.9 Å². The minimum absolute atomic E-state index is 0.156. The highest BCUT2D eigenvalue weighted by molar-refractivity contribution is 5.21. The maximum Gasteiger partial charge on any atom is 0.123 e. The number of benzene rings is 1. The highest BCUT2D eigenvalue weighted by atomic mass is 19.1. The van der Waals surface area contributed by atoms with Crippen LogP contribution in [0.25, 0.3) is 0 Å². The Hall–Kier alpha value is -0.930. The Morgan fingerprint density at radius 1 is 1.37 bits per heavy atom. The molecule has 0 bridgehead atoms. The molecule has 1 N–H and O–H groups in total. The third-order valence-corrected chi connectivity index (χ3v) is 3.53. The fourth-order valence-electron chi connectivity index (χ4n) is 2.32. The number of hydrogen-bond acceptors (Lipinski definition) is 2. The van der Waals surface area contributed by atoms with E-state index in [1.54, 1.807) is 19.2 Å². The van der Waals surface area contributed by atoms with Gasteiger partial charge in [0.25, 0.3) is 0 Å². The molecule has 0 aliphatic carbocycles. The van der Waals surface area contributed by atoms with Crippen molar-refractivity contribution in [3.63, 3.8) is 0 Å². The van der Waals surface area contributed by atoms with Crippen LogP contribution in [0.4, 0.5) is 4.39 Å². The van der Waals surface area contributed by atoms with E-state index in [1.165, 1.54) is 6.07 Å². The van der Waals surface area contributed by atoms with Gasteiger partial charge in [-0.25, -0.2) is 4.39 Å². The van der Waals surface area contributed by atoms with Crippen LogP contribution in [0, 0.1) is 11.7 Å². The number of nitrogens with one attached hydrogen (secondary N) is 1. The SMILES string of the molecule is CCCNCC(c1cccc(F)c1)C(C)CCOC. The summed E-state index contributed by atoms with van der Waals surface area (Å²) >= 11 is 0. The van der Waals surface area contributed by atoms with E-state index in [2.05, 4.69) is 19.2 Å². The highest BCUT2D eigenvalue weighted by Crippen LogP contribution is 2.27. The predicted octanol–water partition coefficient (Wildman–Crippen LogP) is 3.58. The molecule has 0 spiro atoms. The lowest BCUT2D eigenvalue weighted by atomic mass is 9.85. The van der Waals surface area contributed by atoms with Crippen LogP contribution in [0.3, 0.4) is 0 Å². The molecular weight excluding hydrogens is 241 g/mol. The van der Waals surface area contributed by atoms with Crippen LogP contribution in [-0.2, 0) is 4.74 Å². The molecule has 0 radical (unpaired) electrons. The van der Waals surface area contributed by atoms with E-state index in [4.69, 9.17) is 4.74 Å². The van der Waals surface area contributed by atoms with Crippen LogP contribution >= 0.6 is 0 Å². The van der Waals surface area contributed by atoms with E-state index in [9.17, 15) is 4.39 Å². The standard InChI is InChI=1S/C16H26FNO/c1-4-9-18-12-16(13(2)8-10-19-3)14-6-5-7-15(17)11-14/h5-7,11,13,16,18H,4,8-10,12H2,1-3H3. The zero-order valence-corrected chi connectivity index (χ0v) is 12.3. The molecule has 0 amide bonds. The maximum absolute atomic E-state index is 13.4. The molecule has 3 heteroatoms. The fraction of sp³-hybridized carbons (Fsp3) is 0.625. The molecule has 0 saturated heterocycles. The molecule has 2 nitrogen and oxygen atoms in total. The van der Waals surface area contributed by atoms with Gasteiger partial charge in [-0.15, -0.1) is 0 Å². The lowest BCUT2D eigenvalue weighted by Crippen LogP contribution is -2.27. The molecule has 1 aromatic rings. The third-order valence-electron chi connectivity index (χ3n) is 3.53. The van der Waals surface area contributed by atoms with Crippen molar-refractivity contribution in [2.75, 3.05) is 26.8 Å². The Morgan fingerprint density at radius 2 is 2.16 bits per heavy atom. The zero-order chi connectivity index (χ0) is 14.1. The molecule has 1 aromatic carbocycles. The summed E-state index contributed by atoms with van der Waals surface area (Å²) < 4.78 is 18.5. The summed E-state index contributed by atoms with van der Waals surface area (Å²) in [5, 5.41) is 3.45. The topological polar surface area (TPSA) is 21.3 Å². The molecular formula is C16H26FNO. The van der Waals surface area contributed by atoms with Gasteiger partial charge in [-0.2, -0.15) is 0 Å². The van der Waals surface area contributed by atoms with Crippen molar-refractivity contribution >= 4 is 0 Å². The summed E-state index contributed by atoms with van der Waals surface area (Å²) in [6.45, 7) is 7.01. The van der Waals surface area contributed by atoms with Crippen LogP contribution in [0.1, 0.15) is 38.2 Å². The molecule has 19 heavy (non-hydrogen) atoms. The van der Waals surface area contributed by atoms with Gasteiger partial charge in [0.2, 0.25) is 0 Å². The van der Waals surface area contributed by atoms with Crippen LogP contribution in [-0.4, -0.2) is 26.8 Å². The largest absolute Gasteiger partial charge is 0.385 e. The van der Waals surface area contributed by atoms with Gasteiger partial charge in [0.1, 0.15) is 5.82 Å². The average Bonchev–Trinajstić information content (AvgIpc) is 2.41. The smallest absolute Gasteiger partial charge is 0.123 e. The van der Waals surface area contributed by atoms with Crippen molar-refractivity contribution in [1.29, 1.82) is 0 Å². The van der Waals surface area contributed by atoms with Crippen molar-refractivity contribution in [1.82, 2.24) is 5.32 Å². The molecule has 0 heterocycles. The van der Waals surface area contributed by atoms with E-state index >= 15 is 0 Å². The van der Waals surface area contributed by atoms with E-state index in [0.717, 1.165) is 38.1 Å². The quantitative estimate of drug-likeness (QED) is 0.690. The lowest BCUT2D eigenvalue weighted by Gasteiger charge is -2.25. The monoisotopic (exact) mass is 267 g/mol. The highest BCUT2D eigenvalue weighted by Gasteiger charge is 2.19. The number of methoxy groups -OCH3 is 1. The normalized spacial score (nSPS) is 14.3. The maximum atomic E-state index is 13.4. The minimum Gasteiger partial charge on any atom is -0.385 e. The van der Waals surface area contributed by atoms with Crippen LogP contribution in [0.5, 0.6) is 0 Å². The van der Waals surface area contributed by atoms with Gasteiger partial charge in [0, 0.05) is 20.3 Å².